The van der Waals surface area contributed by atoms with Gasteiger partial charge in [-0.3, -0.25) is 0 Å². The fourth-order valence-electron chi connectivity index (χ4n) is 2.39. The summed E-state index contributed by atoms with van der Waals surface area (Å²) in [4.78, 5) is 11.0. The highest BCUT2D eigenvalue weighted by atomic mass is 19.4. The lowest BCUT2D eigenvalue weighted by atomic mass is 9.85. The van der Waals surface area contributed by atoms with Crippen LogP contribution in [0.5, 0.6) is 0 Å². The number of carbonyl (C=O) groups is 1. The highest BCUT2D eigenvalue weighted by Crippen LogP contribution is 2.66. The van der Waals surface area contributed by atoms with Gasteiger partial charge in [0.2, 0.25) is 0 Å². The van der Waals surface area contributed by atoms with Crippen molar-refractivity contribution >= 4 is 5.97 Å². The van der Waals surface area contributed by atoms with Crippen molar-refractivity contribution in [3.63, 3.8) is 0 Å². The van der Waals surface area contributed by atoms with Gasteiger partial charge in [-0.15, -0.1) is 0 Å². The molecule has 256 valence electrons. The van der Waals surface area contributed by atoms with Crippen LogP contribution in [0.4, 0.5) is 110 Å². The van der Waals surface area contributed by atoms with Crippen LogP contribution in [-0.2, 0) is 9.53 Å². The average molecular weight is 704 g/mol. The van der Waals surface area contributed by atoms with E-state index >= 15 is 0 Å². The Bertz CT molecular complexity index is 1070. The molecule has 27 heteroatoms. The highest BCUT2D eigenvalue weighted by molar-refractivity contribution is 5.90. The lowest BCUT2D eigenvalue weighted by molar-refractivity contribution is -0.473. The van der Waals surface area contributed by atoms with Crippen molar-refractivity contribution in [2.24, 2.45) is 0 Å². The van der Waals surface area contributed by atoms with Crippen LogP contribution in [0.25, 0.3) is 0 Å². The molecule has 0 aliphatic carbocycles. The predicted molar refractivity (Wildman–Crippen MR) is 81.4 cm³/mol. The normalized spacial score (nSPS) is 16.7. The molecule has 0 unspecified atom stereocenters. The van der Waals surface area contributed by atoms with Crippen LogP contribution in [0.15, 0.2) is 11.4 Å². The minimum Gasteiger partial charge on any atom is -0.462 e. The number of hydrogen-bond acceptors (Lipinski definition) is 2. The zero-order chi connectivity index (χ0) is 35.6. The highest BCUT2D eigenvalue weighted by Gasteiger charge is 2.98. The smallest absolute Gasteiger partial charge is 0.460 e. The van der Waals surface area contributed by atoms with Gasteiger partial charge in [0.15, 0.2) is 11.4 Å². The van der Waals surface area contributed by atoms with Crippen molar-refractivity contribution in [2.75, 3.05) is 6.61 Å². The maximum Gasteiger partial charge on any atom is 0.460 e. The molecule has 0 saturated carbocycles. The molecule has 0 heterocycles. The van der Waals surface area contributed by atoms with Gasteiger partial charge in [0, 0.05) is 0 Å². The third-order valence-electron chi connectivity index (χ3n) is 4.77. The van der Waals surface area contributed by atoms with Crippen molar-refractivity contribution in [3.8, 4) is 0 Å². The standard InChI is InChI=1S/C16H5F25O2/c1-2-43-5(42)3(7(20,21)22)4(17)6(18,19)8(23,24)9(25,26)10(27,28)11(29,30)12(31,32)13(33,34)14(35,36)15(37,38)16(39,40)41/h2H2,1H3. The zero-order valence-corrected chi connectivity index (χ0v) is 19.0. The van der Waals surface area contributed by atoms with Crippen LogP contribution in [-0.4, -0.2) is 78.2 Å². The second-order valence-corrected chi connectivity index (χ2v) is 7.57. The van der Waals surface area contributed by atoms with E-state index in [-0.39, 0.29) is 0 Å². The number of alkyl halides is 24. The number of rotatable bonds is 11. The van der Waals surface area contributed by atoms with E-state index in [2.05, 4.69) is 4.74 Å². The van der Waals surface area contributed by atoms with Gasteiger partial charge in [-0.25, -0.2) is 9.18 Å². The molecule has 0 N–H and O–H groups in total. The fourth-order valence-corrected chi connectivity index (χ4v) is 2.39. The fraction of sp³-hybridized carbons (Fsp3) is 0.812. The third kappa shape index (κ3) is 5.38. The van der Waals surface area contributed by atoms with Crippen LogP contribution >= 0.6 is 0 Å². The first kappa shape index (κ1) is 40.5. The van der Waals surface area contributed by atoms with Crippen LogP contribution in [0.3, 0.4) is 0 Å². The molecule has 0 rings (SSSR count). The zero-order valence-electron chi connectivity index (χ0n) is 19.0. The largest absolute Gasteiger partial charge is 0.462 e. The molecule has 0 atom stereocenters. The Kier molecular flexibility index (Phi) is 9.91. The molecule has 2 nitrogen and oxygen atoms in total. The van der Waals surface area contributed by atoms with E-state index < -0.39 is 89.6 Å². The summed E-state index contributed by atoms with van der Waals surface area (Å²) >= 11 is 0. The number of carbonyl (C=O) groups excluding carboxylic acids is 1. The maximum atomic E-state index is 13.8. The van der Waals surface area contributed by atoms with E-state index in [0.717, 1.165) is 0 Å². The summed E-state index contributed by atoms with van der Waals surface area (Å²) < 4.78 is 334. The molecule has 43 heavy (non-hydrogen) atoms. The van der Waals surface area contributed by atoms with Crippen LogP contribution in [0.1, 0.15) is 6.92 Å². The molecule has 0 bridgehead atoms. The topological polar surface area (TPSA) is 26.3 Å². The lowest BCUT2D eigenvalue weighted by Gasteiger charge is -2.44. The summed E-state index contributed by atoms with van der Waals surface area (Å²) in [6.45, 7) is -0.952. The number of ether oxygens (including phenoxy) is 1. The van der Waals surface area contributed by atoms with Gasteiger partial charge >= 0.3 is 71.6 Å². The molecule has 0 aromatic heterocycles. The first-order chi connectivity index (χ1) is 18.3. The van der Waals surface area contributed by atoms with Gasteiger partial charge in [0.05, 0.1) is 6.61 Å². The predicted octanol–water partition coefficient (Wildman–Crippen LogP) is 8.62. The number of allylic oxidation sites excluding steroid dienone is 1. The number of esters is 1. The molecule has 0 aromatic rings. The van der Waals surface area contributed by atoms with E-state index in [0.29, 0.717) is 6.92 Å². The summed E-state index contributed by atoms with van der Waals surface area (Å²) in [6.07, 6.45) is -15.2. The van der Waals surface area contributed by atoms with E-state index in [1.54, 1.807) is 0 Å². The van der Waals surface area contributed by atoms with Crippen molar-refractivity contribution in [2.45, 2.75) is 72.6 Å². The van der Waals surface area contributed by atoms with Crippen molar-refractivity contribution in [1.82, 2.24) is 0 Å². The monoisotopic (exact) mass is 704 g/mol. The molecule has 0 aromatic carbocycles. The molecule has 0 aliphatic rings. The summed E-state index contributed by atoms with van der Waals surface area (Å²) in [6, 6.07) is 0. The summed E-state index contributed by atoms with van der Waals surface area (Å²) in [5.74, 6) is -91.4. The summed E-state index contributed by atoms with van der Waals surface area (Å²) in [5.41, 5.74) is -4.41. The van der Waals surface area contributed by atoms with Crippen LogP contribution < -0.4 is 0 Å². The first-order valence-electron chi connectivity index (χ1n) is 9.38. The molecular weight excluding hydrogens is 699 g/mol. The molecule has 0 radical (unpaired) electrons. The van der Waals surface area contributed by atoms with Crippen LogP contribution in [0, 0.1) is 0 Å². The van der Waals surface area contributed by atoms with E-state index in [4.69, 9.17) is 0 Å². The van der Waals surface area contributed by atoms with E-state index in [1.165, 1.54) is 0 Å². The van der Waals surface area contributed by atoms with Gasteiger partial charge in [0.25, 0.3) is 0 Å². The Hall–Kier alpha value is -2.54. The first-order valence-corrected chi connectivity index (χ1v) is 9.38. The van der Waals surface area contributed by atoms with Crippen molar-refractivity contribution in [1.29, 1.82) is 0 Å². The van der Waals surface area contributed by atoms with Gasteiger partial charge in [0.1, 0.15) is 0 Å². The minimum absolute atomic E-state index is 0.470. The van der Waals surface area contributed by atoms with Gasteiger partial charge in [-0.2, -0.15) is 105 Å². The van der Waals surface area contributed by atoms with Gasteiger partial charge in [-0.1, -0.05) is 0 Å². The Labute approximate surface area is 217 Å². The molecule has 0 amide bonds. The quantitative estimate of drug-likeness (QED) is 0.122. The molecule has 0 aliphatic heterocycles. The maximum absolute atomic E-state index is 13.8. The molecule has 0 fully saturated rings. The Balaban J connectivity index is 7.51. The minimum atomic E-state index is -9.58. The lowest BCUT2D eigenvalue weighted by Crippen LogP contribution is -2.76. The van der Waals surface area contributed by atoms with Crippen molar-refractivity contribution < 1.29 is 119 Å². The van der Waals surface area contributed by atoms with Crippen LogP contribution in [0.2, 0.25) is 0 Å². The Morgan fingerprint density at radius 2 is 0.721 bits per heavy atom. The summed E-state index contributed by atoms with van der Waals surface area (Å²) in [5, 5.41) is 0. The number of halogens is 25. The average Bonchev–Trinajstić information content (AvgIpc) is 2.76. The second-order valence-electron chi connectivity index (χ2n) is 7.57. The SMILES string of the molecule is CCOC(=O)C(=C(F)C(F)(F)C(F)(F)C(F)(F)C(F)(F)C(F)(F)C(F)(F)C(F)(F)C(F)(F)C(F)(F)C(F)(F)F)C(F)(F)F. The molecular formula is C16H5F25O2. The molecule has 0 spiro atoms. The second kappa shape index (κ2) is 10.5. The Morgan fingerprint density at radius 1 is 0.465 bits per heavy atom. The third-order valence-corrected chi connectivity index (χ3v) is 4.77. The van der Waals surface area contributed by atoms with E-state index in [1.807, 2.05) is 0 Å². The van der Waals surface area contributed by atoms with Gasteiger partial charge < -0.3 is 4.74 Å². The number of hydrogen-bond donors (Lipinski definition) is 0. The van der Waals surface area contributed by atoms with Gasteiger partial charge in [-0.05, 0) is 6.92 Å². The summed E-state index contributed by atoms with van der Waals surface area (Å²) in [7, 11) is 0. The molecule has 0 saturated heterocycles. The Morgan fingerprint density at radius 3 is 0.953 bits per heavy atom. The van der Waals surface area contributed by atoms with E-state index in [9.17, 15) is 115 Å². The van der Waals surface area contributed by atoms with Crippen molar-refractivity contribution in [3.05, 3.63) is 11.4 Å².